The van der Waals surface area contributed by atoms with Crippen LogP contribution in [0.3, 0.4) is 0 Å². The van der Waals surface area contributed by atoms with Gasteiger partial charge in [0.1, 0.15) is 11.6 Å². The minimum atomic E-state index is -0.238. The number of nitrogens with one attached hydrogen (secondary N) is 2. The van der Waals surface area contributed by atoms with Gasteiger partial charge in [-0.25, -0.2) is 4.39 Å². The van der Waals surface area contributed by atoms with Crippen molar-refractivity contribution in [2.75, 3.05) is 26.2 Å². The number of rotatable bonds is 6. The van der Waals surface area contributed by atoms with Crippen molar-refractivity contribution < 1.29 is 8.81 Å². The Bertz CT molecular complexity index is 790. The Morgan fingerprint density at radius 3 is 2.89 bits per heavy atom. The van der Waals surface area contributed by atoms with Gasteiger partial charge in [0.05, 0.1) is 17.9 Å². The number of hydrogen-bond acceptors (Lipinski definition) is 5. The molecule has 144 valence electrons. The van der Waals surface area contributed by atoms with E-state index in [1.807, 2.05) is 30.5 Å². The summed E-state index contributed by atoms with van der Waals surface area (Å²) in [6.45, 7) is 4.74. The average molecular weight is 435 g/mol. The molecule has 0 amide bonds. The van der Waals surface area contributed by atoms with E-state index in [2.05, 4.69) is 36.4 Å². The second-order valence-corrected chi connectivity index (χ2v) is 7.80. The Morgan fingerprint density at radius 1 is 1.26 bits per heavy atom. The van der Waals surface area contributed by atoms with E-state index < -0.39 is 0 Å². The van der Waals surface area contributed by atoms with Crippen molar-refractivity contribution in [1.82, 2.24) is 20.4 Å². The molecule has 0 bridgehead atoms. The summed E-state index contributed by atoms with van der Waals surface area (Å²) in [7, 11) is 0. The number of furan rings is 1. The third-order valence-corrected chi connectivity index (χ3v) is 5.62. The predicted octanol–water partition coefficient (Wildman–Crippen LogP) is 3.61. The second kappa shape index (κ2) is 8.46. The first-order valence-electron chi connectivity index (χ1n) is 9.37. The Hall–Kier alpha value is -1.83. The van der Waals surface area contributed by atoms with Crippen LogP contribution in [0.15, 0.2) is 69.1 Å². The number of halogens is 2. The van der Waals surface area contributed by atoms with E-state index in [4.69, 9.17) is 4.42 Å². The number of dihydropyridines is 1. The van der Waals surface area contributed by atoms with E-state index in [0.717, 1.165) is 67.4 Å². The number of piperidine rings is 1. The molecule has 1 aromatic rings. The highest BCUT2D eigenvalue weighted by molar-refractivity contribution is 9.10. The molecular formula is C20H24BrFN4O. The van der Waals surface area contributed by atoms with Gasteiger partial charge >= 0.3 is 0 Å². The fourth-order valence-electron chi connectivity index (χ4n) is 3.66. The lowest BCUT2D eigenvalue weighted by molar-refractivity contribution is 0.185. The van der Waals surface area contributed by atoms with Crippen LogP contribution in [-0.4, -0.2) is 42.0 Å². The third-order valence-electron chi connectivity index (χ3n) is 5.19. The molecule has 3 aliphatic rings. The average Bonchev–Trinajstić information content (AvgIpc) is 3.11. The Labute approximate surface area is 167 Å². The maximum Gasteiger partial charge on any atom is 0.169 e. The van der Waals surface area contributed by atoms with Crippen LogP contribution in [0.5, 0.6) is 0 Å². The SMILES string of the molecule is FC1=CNC2=CC=CN(CCN3CCC(NCc4ccc(Br)o4)CC3)C2=C1. The minimum absolute atomic E-state index is 0.238. The van der Waals surface area contributed by atoms with Crippen LogP contribution < -0.4 is 10.6 Å². The van der Waals surface area contributed by atoms with Crippen LogP contribution in [0.1, 0.15) is 18.6 Å². The van der Waals surface area contributed by atoms with Gasteiger partial charge < -0.3 is 24.9 Å². The fourth-order valence-corrected chi connectivity index (χ4v) is 4.00. The van der Waals surface area contributed by atoms with Crippen LogP contribution in [0.25, 0.3) is 0 Å². The lowest BCUT2D eigenvalue weighted by Gasteiger charge is -2.35. The topological polar surface area (TPSA) is 43.7 Å². The van der Waals surface area contributed by atoms with Gasteiger partial charge in [-0.3, -0.25) is 0 Å². The minimum Gasteiger partial charge on any atom is -0.453 e. The zero-order valence-electron chi connectivity index (χ0n) is 15.1. The predicted molar refractivity (Wildman–Crippen MR) is 107 cm³/mol. The zero-order chi connectivity index (χ0) is 18.6. The molecular weight excluding hydrogens is 411 g/mol. The Morgan fingerprint density at radius 2 is 2.11 bits per heavy atom. The van der Waals surface area contributed by atoms with Crippen LogP contribution in [0, 0.1) is 0 Å². The highest BCUT2D eigenvalue weighted by Crippen LogP contribution is 2.24. The first-order valence-corrected chi connectivity index (χ1v) is 10.2. The van der Waals surface area contributed by atoms with Crippen LogP contribution in [0.4, 0.5) is 4.39 Å². The van der Waals surface area contributed by atoms with E-state index in [1.165, 1.54) is 6.20 Å². The fraction of sp³-hybridized carbons (Fsp3) is 0.400. The molecule has 3 aliphatic heterocycles. The zero-order valence-corrected chi connectivity index (χ0v) is 16.7. The van der Waals surface area contributed by atoms with Gasteiger partial charge in [-0.1, -0.05) is 0 Å². The molecule has 0 radical (unpaired) electrons. The van der Waals surface area contributed by atoms with Gasteiger partial charge in [0.2, 0.25) is 0 Å². The van der Waals surface area contributed by atoms with Crippen LogP contribution >= 0.6 is 15.9 Å². The molecule has 0 saturated carbocycles. The summed E-state index contributed by atoms with van der Waals surface area (Å²) >= 11 is 3.34. The molecule has 1 aromatic heterocycles. The normalized spacial score (nSPS) is 20.7. The lowest BCUT2D eigenvalue weighted by Crippen LogP contribution is -2.44. The summed E-state index contributed by atoms with van der Waals surface area (Å²) in [6.07, 6.45) is 11.2. The summed E-state index contributed by atoms with van der Waals surface area (Å²) in [5.41, 5.74) is 1.85. The first kappa shape index (κ1) is 18.5. The summed E-state index contributed by atoms with van der Waals surface area (Å²) in [5.74, 6) is 0.721. The first-order chi connectivity index (χ1) is 13.2. The van der Waals surface area contributed by atoms with Gasteiger partial charge in [-0.15, -0.1) is 0 Å². The Kier molecular flexibility index (Phi) is 5.80. The molecule has 0 aliphatic carbocycles. The summed E-state index contributed by atoms with van der Waals surface area (Å²) in [4.78, 5) is 4.60. The quantitative estimate of drug-likeness (QED) is 0.715. The largest absolute Gasteiger partial charge is 0.453 e. The van der Waals surface area contributed by atoms with E-state index in [9.17, 15) is 4.39 Å². The molecule has 0 spiro atoms. The summed E-state index contributed by atoms with van der Waals surface area (Å²) in [6, 6.07) is 4.45. The molecule has 0 aromatic carbocycles. The monoisotopic (exact) mass is 434 g/mol. The highest BCUT2D eigenvalue weighted by Gasteiger charge is 2.22. The molecule has 0 unspecified atom stereocenters. The number of allylic oxidation sites excluding steroid dienone is 4. The van der Waals surface area contributed by atoms with E-state index in [1.54, 1.807) is 6.08 Å². The molecule has 2 N–H and O–H groups in total. The van der Waals surface area contributed by atoms with E-state index in [0.29, 0.717) is 6.04 Å². The summed E-state index contributed by atoms with van der Waals surface area (Å²) in [5, 5.41) is 6.59. The lowest BCUT2D eigenvalue weighted by atomic mass is 10.0. The van der Waals surface area contributed by atoms with Crippen molar-refractivity contribution in [3.05, 3.63) is 70.4 Å². The van der Waals surface area contributed by atoms with Crippen LogP contribution in [0.2, 0.25) is 0 Å². The second-order valence-electron chi connectivity index (χ2n) is 7.02. The molecule has 7 heteroatoms. The van der Waals surface area contributed by atoms with Gasteiger partial charge in [0, 0.05) is 37.6 Å². The number of nitrogens with zero attached hydrogens (tertiary/aromatic N) is 2. The van der Waals surface area contributed by atoms with Crippen LogP contribution in [-0.2, 0) is 6.54 Å². The number of fused-ring (bicyclic) bond motifs is 1. The van der Waals surface area contributed by atoms with Crippen molar-refractivity contribution in [3.63, 3.8) is 0 Å². The van der Waals surface area contributed by atoms with Crippen molar-refractivity contribution in [2.45, 2.75) is 25.4 Å². The van der Waals surface area contributed by atoms with Crippen molar-refractivity contribution in [3.8, 4) is 0 Å². The molecule has 4 rings (SSSR count). The number of likely N-dealkylation sites (tertiary alicyclic amines) is 1. The molecule has 1 fully saturated rings. The van der Waals surface area contributed by atoms with Gasteiger partial charge in [0.15, 0.2) is 4.67 Å². The standard InChI is InChI=1S/C20H24BrFN4O/c21-20-4-3-17(27-20)14-23-16-5-8-25(9-6-16)10-11-26-7-1-2-18-19(26)12-15(22)13-24-18/h1-4,7,12-13,16,23-24H,5-6,8-11,14H2. The number of hydrogen-bond donors (Lipinski definition) is 2. The third kappa shape index (κ3) is 4.72. The summed E-state index contributed by atoms with van der Waals surface area (Å²) < 4.78 is 19.9. The smallest absolute Gasteiger partial charge is 0.169 e. The van der Waals surface area contributed by atoms with Gasteiger partial charge in [-0.05, 0) is 66.1 Å². The maximum absolute atomic E-state index is 13.6. The highest BCUT2D eigenvalue weighted by atomic mass is 79.9. The molecule has 1 saturated heterocycles. The van der Waals surface area contributed by atoms with Gasteiger partial charge in [0.25, 0.3) is 0 Å². The maximum atomic E-state index is 13.6. The molecule has 4 heterocycles. The van der Waals surface area contributed by atoms with Crippen molar-refractivity contribution in [2.24, 2.45) is 0 Å². The molecule has 5 nitrogen and oxygen atoms in total. The van der Waals surface area contributed by atoms with Crippen molar-refractivity contribution in [1.29, 1.82) is 0 Å². The van der Waals surface area contributed by atoms with Gasteiger partial charge in [-0.2, -0.15) is 0 Å². The molecule has 0 atom stereocenters. The van der Waals surface area contributed by atoms with Crippen molar-refractivity contribution >= 4 is 15.9 Å². The molecule has 27 heavy (non-hydrogen) atoms. The van der Waals surface area contributed by atoms with E-state index in [-0.39, 0.29) is 5.83 Å². The Balaban J connectivity index is 1.21. The van der Waals surface area contributed by atoms with E-state index >= 15 is 0 Å².